The third-order valence-corrected chi connectivity index (χ3v) is 2.99. The van der Waals surface area contributed by atoms with E-state index in [1.807, 2.05) is 0 Å². The van der Waals surface area contributed by atoms with E-state index in [1.54, 1.807) is 24.3 Å². The quantitative estimate of drug-likeness (QED) is 0.784. The number of amides is 3. The van der Waals surface area contributed by atoms with Crippen molar-refractivity contribution in [3.05, 3.63) is 54.1 Å². The van der Waals surface area contributed by atoms with Gasteiger partial charge in [0.05, 0.1) is 0 Å². The number of anilines is 2. The molecule has 126 valence electrons. The maximum Gasteiger partial charge on any atom is 0.316 e. The van der Waals surface area contributed by atoms with Gasteiger partial charge in [0.2, 0.25) is 0 Å². The predicted molar refractivity (Wildman–Crippen MR) is 84.7 cm³/mol. The minimum absolute atomic E-state index is 0.0394. The summed E-state index contributed by atoms with van der Waals surface area (Å²) in [5.41, 5.74) is 5.94. The molecule has 24 heavy (non-hydrogen) atoms. The first kappa shape index (κ1) is 17.2. The lowest BCUT2D eigenvalue weighted by molar-refractivity contribution is -0.122. The Labute approximate surface area is 136 Å². The van der Waals surface area contributed by atoms with E-state index in [2.05, 4.69) is 10.6 Å². The molecule has 0 aromatic heterocycles. The highest BCUT2D eigenvalue weighted by Crippen LogP contribution is 2.18. The van der Waals surface area contributed by atoms with Crippen LogP contribution in [0.25, 0.3) is 0 Å². The van der Waals surface area contributed by atoms with Crippen molar-refractivity contribution in [3.8, 4) is 5.75 Å². The number of nitrogens with one attached hydrogen (secondary N) is 2. The fourth-order valence-corrected chi connectivity index (χ4v) is 1.83. The van der Waals surface area contributed by atoms with Crippen molar-refractivity contribution >= 4 is 23.3 Å². The molecule has 8 heteroatoms. The molecule has 0 aliphatic carbocycles. The van der Waals surface area contributed by atoms with Crippen LogP contribution in [-0.2, 0) is 4.79 Å². The van der Waals surface area contributed by atoms with E-state index in [1.165, 1.54) is 13.0 Å². The van der Waals surface area contributed by atoms with E-state index in [0.29, 0.717) is 11.4 Å². The zero-order valence-corrected chi connectivity index (χ0v) is 12.7. The topological polar surface area (TPSA) is 93.4 Å². The van der Waals surface area contributed by atoms with Gasteiger partial charge in [-0.25, -0.2) is 13.6 Å². The number of carbonyl (C=O) groups is 2. The van der Waals surface area contributed by atoms with Gasteiger partial charge in [0.25, 0.3) is 5.91 Å². The summed E-state index contributed by atoms with van der Waals surface area (Å²) in [6.07, 6.45) is -0.932. The summed E-state index contributed by atoms with van der Waals surface area (Å²) in [7, 11) is 0. The average Bonchev–Trinajstić information content (AvgIpc) is 2.52. The zero-order valence-electron chi connectivity index (χ0n) is 12.7. The summed E-state index contributed by atoms with van der Waals surface area (Å²) < 4.78 is 31.2. The highest BCUT2D eigenvalue weighted by molar-refractivity contribution is 5.94. The molecular weight excluding hydrogens is 320 g/mol. The Balaban J connectivity index is 1.95. The molecule has 0 saturated carbocycles. The number of nitrogens with two attached hydrogens (primary N) is 1. The minimum atomic E-state index is -1.06. The van der Waals surface area contributed by atoms with E-state index >= 15 is 0 Å². The largest absolute Gasteiger partial charge is 0.481 e. The Kier molecular flexibility index (Phi) is 5.31. The molecule has 3 amide bonds. The molecule has 0 spiro atoms. The first-order valence-electron chi connectivity index (χ1n) is 6.94. The summed E-state index contributed by atoms with van der Waals surface area (Å²) in [4.78, 5) is 22.8. The van der Waals surface area contributed by atoms with Crippen LogP contribution < -0.4 is 21.1 Å². The van der Waals surface area contributed by atoms with Gasteiger partial charge in [-0.3, -0.25) is 4.79 Å². The van der Waals surface area contributed by atoms with Crippen molar-refractivity contribution in [2.45, 2.75) is 13.0 Å². The second kappa shape index (κ2) is 7.40. The Morgan fingerprint density at radius 2 is 1.58 bits per heavy atom. The zero-order chi connectivity index (χ0) is 17.7. The number of hydrogen-bond acceptors (Lipinski definition) is 3. The number of primary amides is 1. The van der Waals surface area contributed by atoms with Gasteiger partial charge in [0.15, 0.2) is 17.7 Å². The molecule has 0 heterocycles. The van der Waals surface area contributed by atoms with E-state index in [-0.39, 0.29) is 5.75 Å². The van der Waals surface area contributed by atoms with Gasteiger partial charge in [-0.05, 0) is 43.3 Å². The molecule has 4 N–H and O–H groups in total. The molecule has 2 aromatic carbocycles. The minimum Gasteiger partial charge on any atom is -0.481 e. The van der Waals surface area contributed by atoms with Crippen LogP contribution in [0.1, 0.15) is 6.92 Å². The highest BCUT2D eigenvalue weighted by atomic mass is 19.2. The van der Waals surface area contributed by atoms with Gasteiger partial charge in [-0.15, -0.1) is 0 Å². The first-order chi connectivity index (χ1) is 11.3. The van der Waals surface area contributed by atoms with Crippen LogP contribution in [0.5, 0.6) is 5.75 Å². The van der Waals surface area contributed by atoms with Crippen LogP contribution in [0, 0.1) is 11.6 Å². The van der Waals surface area contributed by atoms with Gasteiger partial charge >= 0.3 is 6.03 Å². The summed E-state index contributed by atoms with van der Waals surface area (Å²) in [6, 6.07) is 8.55. The van der Waals surface area contributed by atoms with Crippen molar-refractivity contribution in [1.29, 1.82) is 0 Å². The summed E-state index contributed by atoms with van der Waals surface area (Å²) >= 11 is 0. The molecule has 1 atom stereocenters. The number of halogens is 2. The number of benzene rings is 2. The number of hydrogen-bond donors (Lipinski definition) is 3. The van der Waals surface area contributed by atoms with Crippen LogP contribution in [0.2, 0.25) is 0 Å². The molecule has 0 saturated heterocycles. The Morgan fingerprint density at radius 3 is 2.12 bits per heavy atom. The SMILES string of the molecule is CC(Oc1ccc(F)c(F)c1)C(=O)Nc1ccc(NC(N)=O)cc1. The molecule has 0 fully saturated rings. The number of rotatable bonds is 5. The second-order valence-electron chi connectivity index (χ2n) is 4.89. The van der Waals surface area contributed by atoms with Crippen LogP contribution in [0.15, 0.2) is 42.5 Å². The van der Waals surface area contributed by atoms with Crippen LogP contribution in [0.3, 0.4) is 0 Å². The standard InChI is InChI=1S/C16H15F2N3O3/c1-9(24-12-6-7-13(17)14(18)8-12)15(22)20-10-2-4-11(5-3-10)21-16(19)23/h2-9H,1H3,(H,20,22)(H3,19,21,23). The maximum atomic E-state index is 13.1. The lowest BCUT2D eigenvalue weighted by Crippen LogP contribution is -2.30. The fraction of sp³-hybridized carbons (Fsp3) is 0.125. The number of ether oxygens (including phenoxy) is 1. The van der Waals surface area contributed by atoms with Gasteiger partial charge in [0.1, 0.15) is 5.75 Å². The van der Waals surface area contributed by atoms with E-state index < -0.39 is 29.7 Å². The molecule has 1 unspecified atom stereocenters. The lowest BCUT2D eigenvalue weighted by atomic mass is 10.2. The molecule has 6 nitrogen and oxygen atoms in total. The molecule has 0 radical (unpaired) electrons. The van der Waals surface area contributed by atoms with Crippen molar-refractivity contribution in [2.75, 3.05) is 10.6 Å². The lowest BCUT2D eigenvalue weighted by Gasteiger charge is -2.15. The van der Waals surface area contributed by atoms with Gasteiger partial charge in [-0.1, -0.05) is 0 Å². The van der Waals surface area contributed by atoms with E-state index in [9.17, 15) is 18.4 Å². The summed E-state index contributed by atoms with van der Waals surface area (Å²) in [5.74, 6) is -2.49. The predicted octanol–water partition coefficient (Wildman–Crippen LogP) is 2.86. The number of urea groups is 1. The second-order valence-corrected chi connectivity index (χ2v) is 4.89. The van der Waals surface area contributed by atoms with Gasteiger partial charge in [-0.2, -0.15) is 0 Å². The Bertz CT molecular complexity index is 751. The highest BCUT2D eigenvalue weighted by Gasteiger charge is 2.16. The average molecular weight is 335 g/mol. The Hall–Kier alpha value is -3.16. The maximum absolute atomic E-state index is 13.1. The fourth-order valence-electron chi connectivity index (χ4n) is 1.83. The first-order valence-corrected chi connectivity index (χ1v) is 6.94. The molecule has 0 aliphatic heterocycles. The molecule has 2 aromatic rings. The smallest absolute Gasteiger partial charge is 0.316 e. The molecule has 2 rings (SSSR count). The van der Waals surface area contributed by atoms with Crippen molar-refractivity contribution in [3.63, 3.8) is 0 Å². The van der Waals surface area contributed by atoms with Gasteiger partial charge in [0, 0.05) is 17.4 Å². The van der Waals surface area contributed by atoms with Crippen molar-refractivity contribution in [1.82, 2.24) is 0 Å². The van der Waals surface area contributed by atoms with E-state index in [0.717, 1.165) is 12.1 Å². The molecule has 0 bridgehead atoms. The summed E-state index contributed by atoms with van der Waals surface area (Å²) in [6.45, 7) is 1.47. The molecule has 0 aliphatic rings. The van der Waals surface area contributed by atoms with E-state index in [4.69, 9.17) is 10.5 Å². The van der Waals surface area contributed by atoms with Crippen molar-refractivity contribution < 1.29 is 23.1 Å². The van der Waals surface area contributed by atoms with Crippen molar-refractivity contribution in [2.24, 2.45) is 5.73 Å². The monoisotopic (exact) mass is 335 g/mol. The third-order valence-electron chi connectivity index (χ3n) is 2.99. The Morgan fingerprint density at radius 1 is 1.00 bits per heavy atom. The van der Waals surface area contributed by atoms with Crippen LogP contribution in [-0.4, -0.2) is 18.0 Å². The van der Waals surface area contributed by atoms with Gasteiger partial charge < -0.3 is 21.1 Å². The summed E-state index contributed by atoms with van der Waals surface area (Å²) in [5, 5.41) is 4.98. The number of carbonyl (C=O) groups excluding carboxylic acids is 2. The third kappa shape index (κ3) is 4.67. The normalized spacial score (nSPS) is 11.5. The molecular formula is C16H15F2N3O3. The van der Waals surface area contributed by atoms with Crippen LogP contribution >= 0.6 is 0 Å². The van der Waals surface area contributed by atoms with Crippen LogP contribution in [0.4, 0.5) is 25.0 Å².